The highest BCUT2D eigenvalue weighted by Gasteiger charge is 2.49. The molecule has 4 fully saturated rings. The fourth-order valence-electron chi connectivity index (χ4n) is 4.66. The molecular formula is C24H42N4O8. The third-order valence-corrected chi connectivity index (χ3v) is 6.34. The average molecular weight is 515 g/mol. The van der Waals surface area contributed by atoms with Crippen LogP contribution in [0.4, 0.5) is 9.59 Å². The van der Waals surface area contributed by atoms with Crippen molar-refractivity contribution >= 4 is 24.1 Å². The van der Waals surface area contributed by atoms with Crippen LogP contribution in [0.2, 0.25) is 0 Å². The molecule has 2 heterocycles. The molecule has 36 heavy (non-hydrogen) atoms. The van der Waals surface area contributed by atoms with Gasteiger partial charge in [-0.1, -0.05) is 0 Å². The number of hydrogen-bond donors (Lipinski definition) is 6. The summed E-state index contributed by atoms with van der Waals surface area (Å²) in [5.74, 6) is -3.65. The van der Waals surface area contributed by atoms with Crippen LogP contribution >= 0.6 is 0 Å². The Labute approximate surface area is 212 Å². The van der Waals surface area contributed by atoms with Crippen molar-refractivity contribution in [1.29, 1.82) is 0 Å². The molecule has 2 saturated carbocycles. The van der Waals surface area contributed by atoms with Gasteiger partial charge in [-0.25, -0.2) is 19.2 Å². The Bertz CT molecular complexity index is 741. The summed E-state index contributed by atoms with van der Waals surface area (Å²) >= 11 is 0. The van der Waals surface area contributed by atoms with Crippen LogP contribution in [0.1, 0.15) is 67.2 Å². The van der Waals surface area contributed by atoms with Crippen molar-refractivity contribution in [3.8, 4) is 0 Å². The molecule has 12 heteroatoms. The van der Waals surface area contributed by atoms with Crippen molar-refractivity contribution in [2.75, 3.05) is 26.2 Å². The Morgan fingerprint density at radius 2 is 0.944 bits per heavy atom. The van der Waals surface area contributed by atoms with Crippen LogP contribution in [0.5, 0.6) is 0 Å². The van der Waals surface area contributed by atoms with Crippen LogP contribution in [-0.4, -0.2) is 83.8 Å². The van der Waals surface area contributed by atoms with E-state index in [1.807, 2.05) is 41.5 Å². The van der Waals surface area contributed by atoms with Gasteiger partial charge in [0.1, 0.15) is 11.2 Å². The number of ether oxygens (including phenoxy) is 2. The number of carbonyl (C=O) groups excluding carboxylic acids is 2. The van der Waals surface area contributed by atoms with E-state index in [9.17, 15) is 9.59 Å². The van der Waals surface area contributed by atoms with Crippen molar-refractivity contribution in [1.82, 2.24) is 21.3 Å². The van der Waals surface area contributed by atoms with Crippen molar-refractivity contribution < 1.29 is 38.9 Å². The third-order valence-electron chi connectivity index (χ3n) is 6.34. The Morgan fingerprint density at radius 3 is 1.11 bits per heavy atom. The van der Waals surface area contributed by atoms with Gasteiger partial charge in [0.15, 0.2) is 0 Å². The second kappa shape index (κ2) is 11.2. The van der Waals surface area contributed by atoms with E-state index >= 15 is 0 Å². The molecule has 2 saturated heterocycles. The number of alkyl carbamates (subject to hydrolysis) is 2. The number of nitrogens with one attached hydrogen (secondary N) is 4. The van der Waals surface area contributed by atoms with E-state index in [-0.39, 0.29) is 12.2 Å². The van der Waals surface area contributed by atoms with Gasteiger partial charge in [0, 0.05) is 38.3 Å². The predicted octanol–water partition coefficient (Wildman–Crippen LogP) is 1.68. The summed E-state index contributed by atoms with van der Waals surface area (Å²) < 4.78 is 10.4. The molecule has 2 aliphatic heterocycles. The van der Waals surface area contributed by atoms with Crippen LogP contribution < -0.4 is 21.3 Å². The quantitative estimate of drug-likeness (QED) is 0.297. The van der Waals surface area contributed by atoms with Gasteiger partial charge in [-0.2, -0.15) is 0 Å². The molecule has 206 valence electrons. The van der Waals surface area contributed by atoms with Crippen molar-refractivity contribution in [3.63, 3.8) is 0 Å². The minimum Gasteiger partial charge on any atom is -0.473 e. The lowest BCUT2D eigenvalue weighted by Gasteiger charge is -2.54. The summed E-state index contributed by atoms with van der Waals surface area (Å²) in [6.45, 7) is 15.7. The number of hydrogen-bond acceptors (Lipinski definition) is 8. The summed E-state index contributed by atoms with van der Waals surface area (Å²) in [6, 6.07) is 0.642. The molecule has 4 rings (SSSR count). The third kappa shape index (κ3) is 9.45. The van der Waals surface area contributed by atoms with Gasteiger partial charge >= 0.3 is 24.1 Å². The number of carboxylic acid groups (broad SMARTS) is 2. The SMILES string of the molecule is CC(C)(C)OC(=O)NC1CC2(CNC2)C1.CC(C)(C)OC(=O)NC1CC2(CNC2)C1.O=C(O)C(=O)O. The van der Waals surface area contributed by atoms with Gasteiger partial charge in [0.2, 0.25) is 0 Å². The topological polar surface area (TPSA) is 175 Å². The number of amides is 2. The summed E-state index contributed by atoms with van der Waals surface area (Å²) in [4.78, 5) is 41.1. The monoisotopic (exact) mass is 514 g/mol. The van der Waals surface area contributed by atoms with Crippen LogP contribution in [0.15, 0.2) is 0 Å². The first-order chi connectivity index (χ1) is 16.4. The second-order valence-electron chi connectivity index (χ2n) is 12.3. The van der Waals surface area contributed by atoms with E-state index in [4.69, 9.17) is 29.3 Å². The lowest BCUT2D eigenvalue weighted by atomic mass is 9.62. The van der Waals surface area contributed by atoms with Gasteiger partial charge < -0.3 is 41.0 Å². The molecule has 0 aromatic heterocycles. The molecule has 12 nitrogen and oxygen atoms in total. The molecule has 6 N–H and O–H groups in total. The molecule has 2 aliphatic carbocycles. The van der Waals surface area contributed by atoms with Crippen LogP contribution in [0.3, 0.4) is 0 Å². The molecule has 4 aliphatic rings. The first kappa shape index (κ1) is 29.6. The van der Waals surface area contributed by atoms with Crippen LogP contribution in [0, 0.1) is 10.8 Å². The minimum atomic E-state index is -1.82. The summed E-state index contributed by atoms with van der Waals surface area (Å²) in [7, 11) is 0. The molecule has 0 atom stereocenters. The summed E-state index contributed by atoms with van der Waals surface area (Å²) in [6.07, 6.45) is 3.82. The maximum atomic E-state index is 11.4. The molecule has 0 unspecified atom stereocenters. The highest BCUT2D eigenvalue weighted by molar-refractivity contribution is 6.27. The predicted molar refractivity (Wildman–Crippen MR) is 131 cm³/mol. The highest BCUT2D eigenvalue weighted by atomic mass is 16.6. The Balaban J connectivity index is 0.000000208. The van der Waals surface area contributed by atoms with E-state index in [0.29, 0.717) is 22.9 Å². The van der Waals surface area contributed by atoms with Crippen LogP contribution in [-0.2, 0) is 19.1 Å². The summed E-state index contributed by atoms with van der Waals surface area (Å²) in [5.41, 5.74) is 0.201. The van der Waals surface area contributed by atoms with Gasteiger partial charge in [0.25, 0.3) is 0 Å². The number of carbonyl (C=O) groups is 4. The normalized spacial score (nSPS) is 22.9. The molecule has 0 aromatic rings. The maximum Gasteiger partial charge on any atom is 0.414 e. The maximum absolute atomic E-state index is 11.4. The zero-order valence-electron chi connectivity index (χ0n) is 22.2. The Kier molecular flexibility index (Phi) is 9.22. The first-order valence-corrected chi connectivity index (χ1v) is 12.3. The zero-order chi connectivity index (χ0) is 27.4. The zero-order valence-corrected chi connectivity index (χ0v) is 22.2. The van der Waals surface area contributed by atoms with E-state index in [2.05, 4.69) is 21.3 Å². The molecule has 0 bridgehead atoms. The van der Waals surface area contributed by atoms with E-state index in [0.717, 1.165) is 51.9 Å². The molecule has 2 spiro atoms. The van der Waals surface area contributed by atoms with Gasteiger partial charge in [-0.15, -0.1) is 0 Å². The van der Waals surface area contributed by atoms with E-state index in [1.165, 1.54) is 0 Å². The van der Waals surface area contributed by atoms with Crippen molar-refractivity contribution in [3.05, 3.63) is 0 Å². The van der Waals surface area contributed by atoms with E-state index in [1.54, 1.807) is 0 Å². The highest BCUT2D eigenvalue weighted by Crippen LogP contribution is 2.44. The minimum absolute atomic E-state index is 0.283. The number of aliphatic carboxylic acids is 2. The number of carboxylic acids is 2. The molecule has 2 amide bonds. The van der Waals surface area contributed by atoms with Crippen molar-refractivity contribution in [2.24, 2.45) is 10.8 Å². The lowest BCUT2D eigenvalue weighted by molar-refractivity contribution is -0.159. The lowest BCUT2D eigenvalue weighted by Crippen LogP contribution is -2.65. The van der Waals surface area contributed by atoms with E-state index < -0.39 is 23.1 Å². The largest absolute Gasteiger partial charge is 0.473 e. The molecule has 0 radical (unpaired) electrons. The molecule has 0 aromatic carbocycles. The van der Waals surface area contributed by atoms with Crippen molar-refractivity contribution in [2.45, 2.75) is 90.5 Å². The fraction of sp³-hybridized carbons (Fsp3) is 0.833. The second-order valence-corrected chi connectivity index (χ2v) is 12.3. The van der Waals surface area contributed by atoms with Gasteiger partial charge in [-0.05, 0) is 78.1 Å². The Hall–Kier alpha value is -2.60. The standard InChI is InChI=1S/2C11H20N2O2.C2H2O4/c2*1-10(2,3)15-9(14)13-8-4-11(5-8)6-12-7-11;3-1(4)2(5)6/h2*8,12H,4-7H2,1-3H3,(H,13,14);(H,3,4)(H,5,6). The average Bonchev–Trinajstić information content (AvgIpc) is 2.55. The fourth-order valence-corrected chi connectivity index (χ4v) is 4.66. The summed E-state index contributed by atoms with van der Waals surface area (Å²) in [5, 5.41) is 27.1. The first-order valence-electron chi connectivity index (χ1n) is 12.3. The molecular weight excluding hydrogens is 472 g/mol. The smallest absolute Gasteiger partial charge is 0.414 e. The van der Waals surface area contributed by atoms with Crippen LogP contribution in [0.25, 0.3) is 0 Å². The van der Waals surface area contributed by atoms with Gasteiger partial charge in [-0.3, -0.25) is 0 Å². The Morgan fingerprint density at radius 1 is 0.667 bits per heavy atom. The van der Waals surface area contributed by atoms with Gasteiger partial charge in [0.05, 0.1) is 0 Å². The number of rotatable bonds is 2.